The van der Waals surface area contributed by atoms with E-state index in [9.17, 15) is 9.59 Å². The Morgan fingerprint density at radius 1 is 1.54 bits per heavy atom. The Morgan fingerprint density at radius 2 is 2.31 bits per heavy atom. The zero-order chi connectivity index (χ0) is 9.42. The number of nitrogens with zero attached hydrogens (tertiary/aromatic N) is 1. The van der Waals surface area contributed by atoms with Crippen LogP contribution in [-0.2, 0) is 9.59 Å². The highest BCUT2D eigenvalue weighted by Crippen LogP contribution is 2.19. The quantitative estimate of drug-likeness (QED) is 0.522. The van der Waals surface area contributed by atoms with E-state index in [1.807, 2.05) is 18.2 Å². The van der Waals surface area contributed by atoms with Crippen molar-refractivity contribution in [1.82, 2.24) is 10.2 Å². The molecule has 4 heteroatoms. The second-order valence-electron chi connectivity index (χ2n) is 3.15. The minimum atomic E-state index is -0.514. The van der Waals surface area contributed by atoms with E-state index in [2.05, 4.69) is 5.32 Å². The molecule has 0 aromatic carbocycles. The molecule has 2 rings (SSSR count). The van der Waals surface area contributed by atoms with Crippen LogP contribution in [0.5, 0.6) is 0 Å². The van der Waals surface area contributed by atoms with Gasteiger partial charge >= 0.3 is 11.8 Å². The molecule has 0 aromatic heterocycles. The summed E-state index contributed by atoms with van der Waals surface area (Å²) in [6.45, 7) is 0. The number of carbonyl (C=O) groups is 2. The molecular formula is C9H10N2O2. The minimum absolute atomic E-state index is 0.0276. The van der Waals surface area contributed by atoms with Crippen molar-refractivity contribution in [3.63, 3.8) is 0 Å². The summed E-state index contributed by atoms with van der Waals surface area (Å²) in [7, 11) is 1.62. The highest BCUT2D eigenvalue weighted by Gasteiger charge is 2.33. The van der Waals surface area contributed by atoms with Crippen molar-refractivity contribution < 1.29 is 9.59 Å². The number of nitrogens with one attached hydrogen (secondary N) is 1. The number of likely N-dealkylation sites (N-methyl/N-ethyl adjacent to an activating group) is 1. The van der Waals surface area contributed by atoms with Crippen LogP contribution in [-0.4, -0.2) is 29.8 Å². The molecule has 1 aliphatic heterocycles. The average molecular weight is 178 g/mol. The second-order valence-corrected chi connectivity index (χ2v) is 3.15. The van der Waals surface area contributed by atoms with E-state index in [1.54, 1.807) is 7.05 Å². The highest BCUT2D eigenvalue weighted by molar-refractivity contribution is 6.36. The lowest BCUT2D eigenvalue weighted by atomic mass is 10.0. The smallest absolute Gasteiger partial charge is 0.315 e. The number of piperazine rings is 1. The Hall–Kier alpha value is -1.58. The lowest BCUT2D eigenvalue weighted by Crippen LogP contribution is -2.54. The first-order valence-corrected chi connectivity index (χ1v) is 4.15. The van der Waals surface area contributed by atoms with Gasteiger partial charge in [-0.1, -0.05) is 12.2 Å². The summed E-state index contributed by atoms with van der Waals surface area (Å²) >= 11 is 0. The molecule has 1 saturated heterocycles. The fourth-order valence-electron chi connectivity index (χ4n) is 1.59. The first kappa shape index (κ1) is 8.04. The van der Waals surface area contributed by atoms with Gasteiger partial charge in [0.2, 0.25) is 0 Å². The van der Waals surface area contributed by atoms with E-state index in [0.29, 0.717) is 0 Å². The number of rotatable bonds is 0. The van der Waals surface area contributed by atoms with Crippen LogP contribution in [0.1, 0.15) is 6.42 Å². The predicted octanol–water partition coefficient (Wildman–Crippen LogP) is -0.213. The summed E-state index contributed by atoms with van der Waals surface area (Å²) in [6.07, 6.45) is 6.48. The molecule has 1 atom stereocenters. The standard InChI is InChI=1S/C9H10N2O2/c1-11-7-5-3-2-4-6(7)10-8(12)9(11)13/h2-3,5-6H,4H2,1H3,(H,10,12). The highest BCUT2D eigenvalue weighted by atomic mass is 16.2. The molecule has 1 fully saturated rings. The van der Waals surface area contributed by atoms with E-state index in [4.69, 9.17) is 0 Å². The zero-order valence-corrected chi connectivity index (χ0v) is 7.28. The predicted molar refractivity (Wildman–Crippen MR) is 46.5 cm³/mol. The van der Waals surface area contributed by atoms with Crippen LogP contribution in [0.25, 0.3) is 0 Å². The van der Waals surface area contributed by atoms with E-state index in [-0.39, 0.29) is 6.04 Å². The van der Waals surface area contributed by atoms with Crippen molar-refractivity contribution in [2.45, 2.75) is 12.5 Å². The molecule has 68 valence electrons. The number of carbonyl (C=O) groups excluding carboxylic acids is 2. The molecule has 4 nitrogen and oxygen atoms in total. The molecule has 0 spiro atoms. The third-order valence-corrected chi connectivity index (χ3v) is 2.32. The Kier molecular flexibility index (Phi) is 1.69. The van der Waals surface area contributed by atoms with Gasteiger partial charge in [0.1, 0.15) is 0 Å². The van der Waals surface area contributed by atoms with Crippen LogP contribution >= 0.6 is 0 Å². The molecule has 2 amide bonds. The van der Waals surface area contributed by atoms with Gasteiger partial charge in [0.15, 0.2) is 0 Å². The van der Waals surface area contributed by atoms with Crippen molar-refractivity contribution in [2.24, 2.45) is 0 Å². The van der Waals surface area contributed by atoms with Gasteiger partial charge in [-0.15, -0.1) is 0 Å². The minimum Gasteiger partial charge on any atom is -0.339 e. The van der Waals surface area contributed by atoms with Crippen molar-refractivity contribution in [3.05, 3.63) is 23.9 Å². The van der Waals surface area contributed by atoms with Gasteiger partial charge in [0, 0.05) is 12.7 Å². The Labute approximate surface area is 75.9 Å². The molecule has 0 aromatic rings. The van der Waals surface area contributed by atoms with Crippen molar-refractivity contribution in [3.8, 4) is 0 Å². The van der Waals surface area contributed by atoms with Gasteiger partial charge in [-0.25, -0.2) is 0 Å². The molecule has 1 unspecified atom stereocenters. The van der Waals surface area contributed by atoms with Crippen molar-refractivity contribution in [1.29, 1.82) is 0 Å². The molecule has 0 radical (unpaired) electrons. The maximum Gasteiger partial charge on any atom is 0.315 e. The Morgan fingerprint density at radius 3 is 3.08 bits per heavy atom. The molecule has 0 bridgehead atoms. The van der Waals surface area contributed by atoms with Crippen LogP contribution in [0.4, 0.5) is 0 Å². The third kappa shape index (κ3) is 1.14. The molecule has 0 saturated carbocycles. The van der Waals surface area contributed by atoms with Crippen LogP contribution in [0, 0.1) is 0 Å². The lowest BCUT2D eigenvalue weighted by Gasteiger charge is -2.33. The van der Waals surface area contributed by atoms with Crippen LogP contribution in [0.3, 0.4) is 0 Å². The van der Waals surface area contributed by atoms with Gasteiger partial charge in [0.25, 0.3) is 0 Å². The Bertz CT molecular complexity index is 331. The molecule has 1 heterocycles. The molecule has 2 aliphatic rings. The first-order chi connectivity index (χ1) is 6.20. The van der Waals surface area contributed by atoms with Crippen LogP contribution in [0.2, 0.25) is 0 Å². The first-order valence-electron chi connectivity index (χ1n) is 4.15. The third-order valence-electron chi connectivity index (χ3n) is 2.32. The largest absolute Gasteiger partial charge is 0.339 e. The number of amides is 2. The molecule has 13 heavy (non-hydrogen) atoms. The van der Waals surface area contributed by atoms with Crippen molar-refractivity contribution in [2.75, 3.05) is 7.05 Å². The van der Waals surface area contributed by atoms with Gasteiger partial charge in [-0.2, -0.15) is 0 Å². The molecule has 1 aliphatic carbocycles. The van der Waals surface area contributed by atoms with E-state index >= 15 is 0 Å². The monoisotopic (exact) mass is 178 g/mol. The van der Waals surface area contributed by atoms with Gasteiger partial charge in [-0.3, -0.25) is 9.59 Å². The van der Waals surface area contributed by atoms with E-state index in [0.717, 1.165) is 12.1 Å². The van der Waals surface area contributed by atoms with Gasteiger partial charge in [-0.05, 0) is 12.5 Å². The summed E-state index contributed by atoms with van der Waals surface area (Å²) in [5, 5.41) is 2.65. The zero-order valence-electron chi connectivity index (χ0n) is 7.28. The Balaban J connectivity index is 2.34. The summed E-state index contributed by atoms with van der Waals surface area (Å²) in [5.41, 5.74) is 0.868. The molecular weight excluding hydrogens is 168 g/mol. The topological polar surface area (TPSA) is 49.4 Å². The summed E-state index contributed by atoms with van der Waals surface area (Å²) in [6, 6.07) is -0.0276. The number of hydrogen-bond acceptors (Lipinski definition) is 2. The molecule has 1 N–H and O–H groups in total. The van der Waals surface area contributed by atoms with Gasteiger partial charge in [0.05, 0.1) is 6.04 Å². The summed E-state index contributed by atoms with van der Waals surface area (Å²) < 4.78 is 0. The maximum atomic E-state index is 11.2. The fraction of sp³-hybridized carbons (Fsp3) is 0.333. The van der Waals surface area contributed by atoms with Gasteiger partial charge < -0.3 is 10.2 Å². The van der Waals surface area contributed by atoms with Crippen molar-refractivity contribution >= 4 is 11.8 Å². The fourth-order valence-corrected chi connectivity index (χ4v) is 1.59. The summed E-state index contributed by atoms with van der Waals surface area (Å²) in [5.74, 6) is -1.00. The number of allylic oxidation sites excluding steroid dienone is 2. The van der Waals surface area contributed by atoms with E-state index in [1.165, 1.54) is 4.90 Å². The van der Waals surface area contributed by atoms with E-state index < -0.39 is 11.8 Å². The number of hydrogen-bond donors (Lipinski definition) is 1. The number of fused-ring (bicyclic) bond motifs is 1. The normalized spacial score (nSPS) is 26.7. The second kappa shape index (κ2) is 2.73. The van der Waals surface area contributed by atoms with Crippen LogP contribution in [0.15, 0.2) is 23.9 Å². The SMILES string of the molecule is CN1C(=O)C(=O)NC2CC=CC=C21. The average Bonchev–Trinajstić information content (AvgIpc) is 2.15. The maximum absolute atomic E-state index is 11.2. The lowest BCUT2D eigenvalue weighted by molar-refractivity contribution is -0.146. The van der Waals surface area contributed by atoms with Crippen LogP contribution < -0.4 is 5.32 Å². The summed E-state index contributed by atoms with van der Waals surface area (Å²) in [4.78, 5) is 23.7.